The van der Waals surface area contributed by atoms with Gasteiger partial charge in [-0.25, -0.2) is 4.68 Å². The quantitative estimate of drug-likeness (QED) is 0.849. The van der Waals surface area contributed by atoms with Crippen molar-refractivity contribution in [1.29, 1.82) is 0 Å². The van der Waals surface area contributed by atoms with Gasteiger partial charge < -0.3 is 4.90 Å². The summed E-state index contributed by atoms with van der Waals surface area (Å²) in [5.41, 5.74) is 2.36. The van der Waals surface area contributed by atoms with Crippen molar-refractivity contribution < 1.29 is 0 Å². The monoisotopic (exact) mass is 343 g/mol. The Morgan fingerprint density at radius 3 is 2.83 bits per heavy atom. The van der Waals surface area contributed by atoms with Crippen LogP contribution >= 0.6 is 11.3 Å². The highest BCUT2D eigenvalue weighted by molar-refractivity contribution is 7.15. The van der Waals surface area contributed by atoms with Crippen molar-refractivity contribution in [3.8, 4) is 0 Å². The summed E-state index contributed by atoms with van der Waals surface area (Å²) >= 11 is 1.74. The molecular formula is C17H21N5OS. The van der Waals surface area contributed by atoms with E-state index in [9.17, 15) is 4.79 Å². The molecule has 126 valence electrons. The van der Waals surface area contributed by atoms with Gasteiger partial charge in [-0.3, -0.25) is 4.79 Å². The zero-order valence-corrected chi connectivity index (χ0v) is 14.5. The van der Waals surface area contributed by atoms with Crippen LogP contribution in [0.25, 0.3) is 0 Å². The summed E-state index contributed by atoms with van der Waals surface area (Å²) in [6, 6.07) is 1.81. The van der Waals surface area contributed by atoms with Crippen molar-refractivity contribution in [2.75, 3.05) is 18.0 Å². The number of aromatic nitrogens is 4. The predicted octanol–water partition coefficient (Wildman–Crippen LogP) is 1.99. The number of fused-ring (bicyclic) bond motifs is 1. The highest BCUT2D eigenvalue weighted by atomic mass is 32.1. The standard InChI is InChI=1S/C17H21N5OS/c23-15-7-13-3-1-2-4-14(13)20-22(15)10-11-8-21(9-11)17-19-18-16(24-17)12-5-6-12/h7,11-12H,1-6,8-10H2. The molecule has 2 aliphatic carbocycles. The topological polar surface area (TPSA) is 63.9 Å². The van der Waals surface area contributed by atoms with E-state index in [1.165, 1.54) is 36.3 Å². The van der Waals surface area contributed by atoms with Gasteiger partial charge in [-0.15, -0.1) is 10.2 Å². The average Bonchev–Trinajstić information content (AvgIpc) is 3.29. The van der Waals surface area contributed by atoms with E-state index in [2.05, 4.69) is 20.2 Å². The Labute approximate surface area is 144 Å². The third-order valence-corrected chi connectivity index (χ3v) is 6.44. The summed E-state index contributed by atoms with van der Waals surface area (Å²) in [5, 5.41) is 15.5. The zero-order chi connectivity index (χ0) is 16.1. The Morgan fingerprint density at radius 2 is 2.00 bits per heavy atom. The second kappa shape index (κ2) is 5.65. The molecule has 24 heavy (non-hydrogen) atoms. The Bertz CT molecular complexity index is 819. The van der Waals surface area contributed by atoms with E-state index >= 15 is 0 Å². The fourth-order valence-corrected chi connectivity index (χ4v) is 4.70. The van der Waals surface area contributed by atoms with Crippen molar-refractivity contribution in [3.63, 3.8) is 0 Å². The van der Waals surface area contributed by atoms with Crippen LogP contribution in [0.1, 0.15) is 47.9 Å². The van der Waals surface area contributed by atoms with Crippen molar-refractivity contribution >= 4 is 16.5 Å². The molecule has 1 saturated heterocycles. The molecule has 0 spiro atoms. The summed E-state index contributed by atoms with van der Waals surface area (Å²) in [6.07, 6.45) is 6.93. The summed E-state index contributed by atoms with van der Waals surface area (Å²) in [4.78, 5) is 14.5. The lowest BCUT2D eigenvalue weighted by molar-refractivity contribution is 0.331. The van der Waals surface area contributed by atoms with Gasteiger partial charge in [0.1, 0.15) is 5.01 Å². The molecule has 0 unspecified atom stereocenters. The number of hydrogen-bond acceptors (Lipinski definition) is 6. The molecule has 0 amide bonds. The first-order chi connectivity index (χ1) is 11.8. The Kier molecular flexibility index (Phi) is 3.43. The van der Waals surface area contributed by atoms with Crippen LogP contribution in [0.4, 0.5) is 5.13 Å². The van der Waals surface area contributed by atoms with Gasteiger partial charge in [0, 0.05) is 31.0 Å². The molecule has 1 aliphatic heterocycles. The first kappa shape index (κ1) is 14.6. The lowest BCUT2D eigenvalue weighted by atomic mass is 9.97. The molecule has 0 N–H and O–H groups in total. The summed E-state index contributed by atoms with van der Waals surface area (Å²) < 4.78 is 1.68. The van der Waals surface area contributed by atoms with Crippen LogP contribution < -0.4 is 10.5 Å². The Balaban J connectivity index is 1.24. The van der Waals surface area contributed by atoms with Gasteiger partial charge in [-0.2, -0.15) is 5.10 Å². The number of nitrogens with zero attached hydrogens (tertiary/aromatic N) is 5. The van der Waals surface area contributed by atoms with Gasteiger partial charge in [0.15, 0.2) is 0 Å². The summed E-state index contributed by atoms with van der Waals surface area (Å²) in [6.45, 7) is 2.62. The number of rotatable bonds is 4. The van der Waals surface area contributed by atoms with Crippen LogP contribution in [0.5, 0.6) is 0 Å². The molecule has 1 saturated carbocycles. The van der Waals surface area contributed by atoms with Gasteiger partial charge >= 0.3 is 0 Å². The number of aryl methyl sites for hydroxylation is 2. The minimum atomic E-state index is 0.0565. The maximum absolute atomic E-state index is 12.3. The normalized spacial score (nSPS) is 20.8. The molecular weight excluding hydrogens is 322 g/mol. The lowest BCUT2D eigenvalue weighted by Crippen LogP contribution is -2.49. The third kappa shape index (κ3) is 2.64. The molecule has 6 nitrogen and oxygen atoms in total. The van der Waals surface area contributed by atoms with Crippen molar-refractivity contribution in [2.24, 2.45) is 5.92 Å². The second-order valence-electron chi connectivity index (χ2n) is 7.31. The van der Waals surface area contributed by atoms with Crippen LogP contribution in [0.15, 0.2) is 10.9 Å². The molecule has 0 bridgehead atoms. The maximum Gasteiger partial charge on any atom is 0.267 e. The Morgan fingerprint density at radius 1 is 1.17 bits per heavy atom. The minimum Gasteiger partial charge on any atom is -0.346 e. The van der Waals surface area contributed by atoms with E-state index in [4.69, 9.17) is 0 Å². The van der Waals surface area contributed by atoms with Gasteiger partial charge in [0.05, 0.1) is 12.2 Å². The van der Waals surface area contributed by atoms with Gasteiger partial charge in [0.25, 0.3) is 5.56 Å². The maximum atomic E-state index is 12.3. The highest BCUT2D eigenvalue weighted by Gasteiger charge is 2.33. The van der Waals surface area contributed by atoms with E-state index in [1.54, 1.807) is 16.0 Å². The van der Waals surface area contributed by atoms with Gasteiger partial charge in [-0.05, 0) is 44.1 Å². The largest absolute Gasteiger partial charge is 0.346 e. The van der Waals surface area contributed by atoms with Crippen LogP contribution in [0.3, 0.4) is 0 Å². The van der Waals surface area contributed by atoms with Crippen LogP contribution in [-0.2, 0) is 19.4 Å². The molecule has 7 heteroatoms. The van der Waals surface area contributed by atoms with Crippen molar-refractivity contribution in [2.45, 2.75) is 51.0 Å². The molecule has 0 atom stereocenters. The summed E-state index contributed by atoms with van der Waals surface area (Å²) in [5.74, 6) is 1.15. The predicted molar refractivity (Wildman–Crippen MR) is 92.7 cm³/mol. The smallest absolute Gasteiger partial charge is 0.267 e. The van der Waals surface area contributed by atoms with Crippen LogP contribution in [0.2, 0.25) is 0 Å². The van der Waals surface area contributed by atoms with Crippen LogP contribution in [-0.4, -0.2) is 33.1 Å². The molecule has 5 rings (SSSR count). The van der Waals surface area contributed by atoms with E-state index < -0.39 is 0 Å². The molecule has 2 fully saturated rings. The number of hydrogen-bond donors (Lipinski definition) is 0. The van der Waals surface area contributed by atoms with Crippen molar-refractivity contribution in [1.82, 2.24) is 20.0 Å². The van der Waals surface area contributed by atoms with Crippen LogP contribution in [0, 0.1) is 5.92 Å². The van der Waals surface area contributed by atoms with Crippen molar-refractivity contribution in [3.05, 3.63) is 32.7 Å². The first-order valence-corrected chi connectivity index (χ1v) is 9.76. The third-order valence-electron chi connectivity index (χ3n) is 5.29. The molecule has 2 aromatic heterocycles. The first-order valence-electron chi connectivity index (χ1n) is 8.94. The summed E-state index contributed by atoms with van der Waals surface area (Å²) in [7, 11) is 0. The Hall–Kier alpha value is -1.76. The van der Waals surface area contributed by atoms with E-state index in [0.29, 0.717) is 11.8 Å². The molecule has 0 aromatic carbocycles. The second-order valence-corrected chi connectivity index (χ2v) is 8.30. The zero-order valence-electron chi connectivity index (χ0n) is 13.6. The van der Waals surface area contributed by atoms with Gasteiger partial charge in [0.2, 0.25) is 5.13 Å². The molecule has 3 heterocycles. The molecule has 0 radical (unpaired) electrons. The minimum absolute atomic E-state index is 0.0565. The number of anilines is 1. The fourth-order valence-electron chi connectivity index (χ4n) is 3.67. The molecule has 3 aliphatic rings. The fraction of sp³-hybridized carbons (Fsp3) is 0.647. The van der Waals surface area contributed by atoms with E-state index in [1.807, 2.05) is 6.07 Å². The highest BCUT2D eigenvalue weighted by Crippen LogP contribution is 2.43. The van der Waals surface area contributed by atoms with E-state index in [0.717, 1.165) is 43.3 Å². The SMILES string of the molecule is O=c1cc2c(nn1CC1CN(c3nnc(C4CC4)s3)C1)CCCC2. The lowest BCUT2D eigenvalue weighted by Gasteiger charge is -2.38. The molecule has 2 aromatic rings. The van der Waals surface area contributed by atoms with Gasteiger partial charge in [-0.1, -0.05) is 11.3 Å². The van der Waals surface area contributed by atoms with E-state index in [-0.39, 0.29) is 5.56 Å². The average molecular weight is 343 g/mol.